The molecule has 0 fully saturated rings. The SMILES string of the molecule is COC(=O)[C@H](Cc1ccccc1)NC(=O)c1ccc(O)c(Cl)c1. The minimum atomic E-state index is -0.817. The predicted molar refractivity (Wildman–Crippen MR) is 86.5 cm³/mol. The second-order valence-electron chi connectivity index (χ2n) is 4.91. The van der Waals surface area contributed by atoms with E-state index in [1.54, 1.807) is 0 Å². The summed E-state index contributed by atoms with van der Waals surface area (Å²) < 4.78 is 4.74. The minimum Gasteiger partial charge on any atom is -0.506 e. The van der Waals surface area contributed by atoms with Gasteiger partial charge in [0.25, 0.3) is 5.91 Å². The number of nitrogens with one attached hydrogen (secondary N) is 1. The third-order valence-corrected chi connectivity index (χ3v) is 3.59. The molecule has 0 unspecified atom stereocenters. The molecule has 23 heavy (non-hydrogen) atoms. The van der Waals surface area contributed by atoms with Crippen LogP contribution in [0, 0.1) is 0 Å². The molecule has 0 radical (unpaired) electrons. The molecule has 0 aliphatic carbocycles. The summed E-state index contributed by atoms with van der Waals surface area (Å²) >= 11 is 5.79. The molecule has 5 nitrogen and oxygen atoms in total. The Morgan fingerprint density at radius 2 is 1.91 bits per heavy atom. The average Bonchev–Trinajstić information content (AvgIpc) is 2.56. The van der Waals surface area contributed by atoms with Crippen molar-refractivity contribution in [3.8, 4) is 5.75 Å². The molecule has 0 aliphatic heterocycles. The molecule has 0 spiro atoms. The van der Waals surface area contributed by atoms with E-state index in [-0.39, 0.29) is 16.3 Å². The maximum atomic E-state index is 12.3. The Kier molecular flexibility index (Phi) is 5.60. The van der Waals surface area contributed by atoms with Crippen LogP contribution in [0.1, 0.15) is 15.9 Å². The van der Waals surface area contributed by atoms with Crippen LogP contribution in [0.3, 0.4) is 0 Å². The van der Waals surface area contributed by atoms with Gasteiger partial charge < -0.3 is 15.2 Å². The zero-order chi connectivity index (χ0) is 16.8. The number of halogens is 1. The third-order valence-electron chi connectivity index (χ3n) is 3.28. The molecule has 2 aromatic rings. The van der Waals surface area contributed by atoms with Crippen LogP contribution in [-0.2, 0) is 16.0 Å². The number of carbonyl (C=O) groups is 2. The summed E-state index contributed by atoms with van der Waals surface area (Å²) in [5.41, 5.74) is 1.14. The maximum absolute atomic E-state index is 12.3. The molecule has 2 rings (SSSR count). The second kappa shape index (κ2) is 7.65. The third kappa shape index (κ3) is 4.47. The number of phenolic OH excluding ortho intramolecular Hbond substituents is 1. The van der Waals surface area contributed by atoms with Gasteiger partial charge in [-0.25, -0.2) is 4.79 Å². The van der Waals surface area contributed by atoms with Crippen LogP contribution in [0.2, 0.25) is 5.02 Å². The van der Waals surface area contributed by atoms with Gasteiger partial charge in [-0.3, -0.25) is 4.79 Å². The first-order valence-electron chi connectivity index (χ1n) is 6.92. The largest absolute Gasteiger partial charge is 0.506 e. The molecule has 2 N–H and O–H groups in total. The number of rotatable bonds is 5. The van der Waals surface area contributed by atoms with Gasteiger partial charge in [0.05, 0.1) is 12.1 Å². The molecule has 0 aromatic heterocycles. The lowest BCUT2D eigenvalue weighted by molar-refractivity contribution is -0.142. The quantitative estimate of drug-likeness (QED) is 0.825. The zero-order valence-electron chi connectivity index (χ0n) is 12.5. The van der Waals surface area contributed by atoms with Gasteiger partial charge in [-0.15, -0.1) is 0 Å². The van der Waals surface area contributed by atoms with Crippen LogP contribution >= 0.6 is 11.6 Å². The topological polar surface area (TPSA) is 75.6 Å². The molecule has 6 heteroatoms. The van der Waals surface area contributed by atoms with Crippen molar-refractivity contribution in [3.05, 3.63) is 64.7 Å². The normalized spacial score (nSPS) is 11.6. The molecule has 120 valence electrons. The van der Waals surface area contributed by atoms with Crippen molar-refractivity contribution in [1.29, 1.82) is 0 Å². The van der Waals surface area contributed by atoms with E-state index in [1.165, 1.54) is 25.3 Å². The van der Waals surface area contributed by atoms with Crippen molar-refractivity contribution in [3.63, 3.8) is 0 Å². The number of benzene rings is 2. The van der Waals surface area contributed by atoms with E-state index in [2.05, 4.69) is 5.32 Å². The van der Waals surface area contributed by atoms with Crippen LogP contribution in [0.25, 0.3) is 0 Å². The summed E-state index contributed by atoms with van der Waals surface area (Å²) in [7, 11) is 1.27. The second-order valence-corrected chi connectivity index (χ2v) is 5.31. The first-order valence-corrected chi connectivity index (χ1v) is 7.30. The number of ether oxygens (including phenoxy) is 1. The summed E-state index contributed by atoms with van der Waals surface area (Å²) in [6.45, 7) is 0. The first-order chi connectivity index (χ1) is 11.0. The summed E-state index contributed by atoms with van der Waals surface area (Å²) in [6, 6.07) is 12.6. The van der Waals surface area contributed by atoms with Gasteiger partial charge in [0, 0.05) is 12.0 Å². The van der Waals surface area contributed by atoms with Crippen molar-refractivity contribution in [2.45, 2.75) is 12.5 Å². The van der Waals surface area contributed by atoms with E-state index >= 15 is 0 Å². The molecule has 1 atom stereocenters. The van der Waals surface area contributed by atoms with Gasteiger partial charge in [0.15, 0.2) is 0 Å². The smallest absolute Gasteiger partial charge is 0.328 e. The van der Waals surface area contributed by atoms with Gasteiger partial charge in [-0.05, 0) is 23.8 Å². The number of phenols is 1. The predicted octanol–water partition coefficient (Wildman–Crippen LogP) is 2.56. The Morgan fingerprint density at radius 1 is 1.22 bits per heavy atom. The highest BCUT2D eigenvalue weighted by atomic mass is 35.5. The number of carbonyl (C=O) groups excluding carboxylic acids is 2. The number of methoxy groups -OCH3 is 1. The van der Waals surface area contributed by atoms with Crippen molar-refractivity contribution in [2.75, 3.05) is 7.11 Å². The highest BCUT2D eigenvalue weighted by molar-refractivity contribution is 6.32. The van der Waals surface area contributed by atoms with E-state index in [0.717, 1.165) is 5.56 Å². The van der Waals surface area contributed by atoms with Gasteiger partial charge in [0.2, 0.25) is 0 Å². The number of aromatic hydroxyl groups is 1. The van der Waals surface area contributed by atoms with Crippen LogP contribution < -0.4 is 5.32 Å². The van der Waals surface area contributed by atoms with Crippen LogP contribution in [-0.4, -0.2) is 30.1 Å². The summed E-state index contributed by atoms with van der Waals surface area (Å²) in [5.74, 6) is -1.12. The van der Waals surface area contributed by atoms with Crippen molar-refractivity contribution < 1.29 is 19.4 Å². The van der Waals surface area contributed by atoms with Crippen LogP contribution in [0.15, 0.2) is 48.5 Å². The molecule has 0 saturated heterocycles. The van der Waals surface area contributed by atoms with E-state index in [0.29, 0.717) is 6.42 Å². The Morgan fingerprint density at radius 3 is 2.52 bits per heavy atom. The standard InChI is InChI=1S/C17H16ClNO4/c1-23-17(22)14(9-11-5-3-2-4-6-11)19-16(21)12-7-8-15(20)13(18)10-12/h2-8,10,14,20H,9H2,1H3,(H,19,21)/t14-/m0/s1. The highest BCUT2D eigenvalue weighted by Gasteiger charge is 2.22. The zero-order valence-corrected chi connectivity index (χ0v) is 13.2. The fraction of sp³-hybridized carbons (Fsp3) is 0.176. The summed E-state index contributed by atoms with van der Waals surface area (Å²) in [6.07, 6.45) is 0.311. The summed E-state index contributed by atoms with van der Waals surface area (Å²) in [4.78, 5) is 24.2. The average molecular weight is 334 g/mol. The highest BCUT2D eigenvalue weighted by Crippen LogP contribution is 2.23. The molecular formula is C17H16ClNO4. The lowest BCUT2D eigenvalue weighted by Crippen LogP contribution is -2.43. The van der Waals surface area contributed by atoms with Crippen LogP contribution in [0.4, 0.5) is 0 Å². The van der Waals surface area contributed by atoms with Gasteiger partial charge in [-0.1, -0.05) is 41.9 Å². The minimum absolute atomic E-state index is 0.0651. The maximum Gasteiger partial charge on any atom is 0.328 e. The molecular weight excluding hydrogens is 318 g/mol. The number of amides is 1. The number of hydrogen-bond acceptors (Lipinski definition) is 4. The fourth-order valence-corrected chi connectivity index (χ4v) is 2.26. The van der Waals surface area contributed by atoms with E-state index in [9.17, 15) is 14.7 Å². The fourth-order valence-electron chi connectivity index (χ4n) is 2.08. The van der Waals surface area contributed by atoms with Gasteiger partial charge >= 0.3 is 5.97 Å². The Labute approximate surface area is 138 Å². The van der Waals surface area contributed by atoms with E-state index < -0.39 is 17.9 Å². The Bertz CT molecular complexity index is 703. The number of hydrogen-bond donors (Lipinski definition) is 2. The monoisotopic (exact) mass is 333 g/mol. The lowest BCUT2D eigenvalue weighted by Gasteiger charge is -2.17. The van der Waals surface area contributed by atoms with Crippen molar-refractivity contribution in [1.82, 2.24) is 5.32 Å². The summed E-state index contributed by atoms with van der Waals surface area (Å²) in [5, 5.41) is 12.1. The lowest BCUT2D eigenvalue weighted by atomic mass is 10.1. The van der Waals surface area contributed by atoms with Crippen molar-refractivity contribution >= 4 is 23.5 Å². The Hall–Kier alpha value is -2.53. The molecule has 1 amide bonds. The van der Waals surface area contributed by atoms with E-state index in [1.807, 2.05) is 30.3 Å². The number of esters is 1. The molecule has 0 aliphatic rings. The van der Waals surface area contributed by atoms with E-state index in [4.69, 9.17) is 16.3 Å². The first kappa shape index (κ1) is 16.8. The molecule has 0 bridgehead atoms. The van der Waals surface area contributed by atoms with Gasteiger partial charge in [0.1, 0.15) is 11.8 Å². The molecule has 0 saturated carbocycles. The van der Waals surface area contributed by atoms with Crippen LogP contribution in [0.5, 0.6) is 5.75 Å². The Balaban J connectivity index is 2.15. The van der Waals surface area contributed by atoms with Gasteiger partial charge in [-0.2, -0.15) is 0 Å². The molecule has 0 heterocycles. The molecule has 2 aromatic carbocycles. The van der Waals surface area contributed by atoms with Crippen molar-refractivity contribution in [2.24, 2.45) is 0 Å².